The van der Waals surface area contributed by atoms with Crippen molar-refractivity contribution in [3.63, 3.8) is 0 Å². The fourth-order valence-electron chi connectivity index (χ4n) is 4.81. The summed E-state index contributed by atoms with van der Waals surface area (Å²) in [5.74, 6) is -0.767. The summed E-state index contributed by atoms with van der Waals surface area (Å²) >= 11 is 0. The highest BCUT2D eigenvalue weighted by molar-refractivity contribution is 6.11. The Labute approximate surface area is 239 Å². The molecule has 1 heterocycles. The lowest BCUT2D eigenvalue weighted by Crippen LogP contribution is -2.49. The number of carbonyl (C=O) groups is 3. The molecule has 216 valence electrons. The van der Waals surface area contributed by atoms with Gasteiger partial charge in [-0.1, -0.05) is 26.0 Å². The van der Waals surface area contributed by atoms with E-state index in [1.165, 1.54) is 49.6 Å². The second kappa shape index (κ2) is 13.3. The van der Waals surface area contributed by atoms with Gasteiger partial charge in [-0.2, -0.15) is 0 Å². The van der Waals surface area contributed by atoms with Crippen LogP contribution >= 0.6 is 0 Å². The van der Waals surface area contributed by atoms with Crippen LogP contribution in [0.1, 0.15) is 81.2 Å². The molecule has 3 aromatic rings. The molecule has 1 saturated heterocycles. The average molecular weight is 561 g/mol. The van der Waals surface area contributed by atoms with Crippen molar-refractivity contribution in [1.82, 2.24) is 10.6 Å². The number of methoxy groups -OCH3 is 1. The molecule has 0 bridgehead atoms. The summed E-state index contributed by atoms with van der Waals surface area (Å²) in [5.41, 5.74) is 1.78. The first-order chi connectivity index (χ1) is 19.7. The van der Waals surface area contributed by atoms with Crippen molar-refractivity contribution in [2.24, 2.45) is 0 Å². The molecular weight excluding hydrogens is 524 g/mol. The van der Waals surface area contributed by atoms with Gasteiger partial charge in [-0.3, -0.25) is 9.59 Å². The maximum absolute atomic E-state index is 13.2. The van der Waals surface area contributed by atoms with E-state index in [1.54, 1.807) is 18.2 Å². The van der Waals surface area contributed by atoms with Gasteiger partial charge in [0.15, 0.2) is 5.78 Å². The number of ketones is 1. The van der Waals surface area contributed by atoms with E-state index in [0.717, 1.165) is 19.4 Å². The average Bonchev–Trinajstić information content (AvgIpc) is 3.21. The number of carbonyl (C=O) groups excluding carboxylic acids is 3. The van der Waals surface area contributed by atoms with Crippen LogP contribution in [-0.2, 0) is 4.74 Å². The predicted octanol–water partition coefficient (Wildman–Crippen LogP) is 4.56. The Morgan fingerprint density at radius 3 is 2.37 bits per heavy atom. The minimum atomic E-state index is -0.567. The van der Waals surface area contributed by atoms with Crippen LogP contribution in [0.3, 0.4) is 0 Å². The Bertz CT molecular complexity index is 1400. The van der Waals surface area contributed by atoms with Crippen molar-refractivity contribution in [2.75, 3.05) is 20.2 Å². The van der Waals surface area contributed by atoms with Crippen molar-refractivity contribution in [2.45, 2.75) is 51.2 Å². The third kappa shape index (κ3) is 7.05. The normalized spacial score (nSPS) is 17.6. The number of nitrogens with one attached hydrogen (secondary N) is 2. The van der Waals surface area contributed by atoms with E-state index in [-0.39, 0.29) is 34.5 Å². The highest BCUT2D eigenvalue weighted by Crippen LogP contribution is 2.29. The minimum absolute atomic E-state index is 0.0918. The zero-order chi connectivity index (χ0) is 29.5. The van der Waals surface area contributed by atoms with Crippen LogP contribution in [0.25, 0.3) is 0 Å². The Balaban J connectivity index is 1.46. The summed E-state index contributed by atoms with van der Waals surface area (Å²) in [6.07, 6.45) is 1.58. The highest BCUT2D eigenvalue weighted by atomic mass is 16.5. The van der Waals surface area contributed by atoms with Crippen LogP contribution in [0.4, 0.5) is 0 Å². The largest absolute Gasteiger partial charge is 0.508 e. The molecule has 3 atom stereocenters. The molecule has 41 heavy (non-hydrogen) atoms. The molecule has 1 aliphatic rings. The quantitative estimate of drug-likeness (QED) is 0.221. The molecule has 0 unspecified atom stereocenters. The van der Waals surface area contributed by atoms with Crippen molar-refractivity contribution in [3.05, 3.63) is 88.5 Å². The van der Waals surface area contributed by atoms with E-state index >= 15 is 0 Å². The second-order valence-electron chi connectivity index (χ2n) is 10.2. The molecule has 1 fully saturated rings. The molecule has 1 amide bonds. The molecule has 0 saturated carbocycles. The van der Waals surface area contributed by atoms with Gasteiger partial charge in [0.25, 0.3) is 5.91 Å². The Kier molecular flexibility index (Phi) is 9.62. The van der Waals surface area contributed by atoms with Crippen molar-refractivity contribution in [1.29, 1.82) is 0 Å². The summed E-state index contributed by atoms with van der Waals surface area (Å²) in [7, 11) is 1.47. The van der Waals surface area contributed by atoms with Gasteiger partial charge in [0, 0.05) is 17.7 Å². The second-order valence-corrected chi connectivity index (χ2v) is 10.2. The van der Waals surface area contributed by atoms with Crippen molar-refractivity contribution < 1.29 is 34.1 Å². The first-order valence-electron chi connectivity index (χ1n) is 13.8. The third-order valence-corrected chi connectivity index (χ3v) is 7.49. The van der Waals surface area contributed by atoms with Crippen LogP contribution in [-0.4, -0.2) is 60.2 Å². The number of phenolic OH excluding ortho intramolecular Hbond substituents is 2. The lowest BCUT2D eigenvalue weighted by molar-refractivity contribution is 0.0192. The number of ether oxygens (including phenoxy) is 2. The summed E-state index contributed by atoms with van der Waals surface area (Å²) in [5, 5.41) is 26.7. The molecule has 9 heteroatoms. The van der Waals surface area contributed by atoms with Gasteiger partial charge in [0.05, 0.1) is 24.3 Å². The van der Waals surface area contributed by atoms with Gasteiger partial charge in [-0.25, -0.2) is 4.79 Å². The van der Waals surface area contributed by atoms with Crippen LogP contribution in [0, 0.1) is 0 Å². The fraction of sp³-hybridized carbons (Fsp3) is 0.344. The van der Waals surface area contributed by atoms with Gasteiger partial charge in [0.2, 0.25) is 0 Å². The number of phenols is 2. The molecule has 0 aromatic heterocycles. The van der Waals surface area contributed by atoms with Crippen molar-refractivity contribution in [3.8, 4) is 17.2 Å². The molecule has 0 radical (unpaired) electrons. The summed E-state index contributed by atoms with van der Waals surface area (Å²) in [6.45, 7) is 5.17. The number of benzene rings is 3. The van der Waals surface area contributed by atoms with Gasteiger partial charge >= 0.3 is 5.97 Å². The predicted molar refractivity (Wildman–Crippen MR) is 154 cm³/mol. The van der Waals surface area contributed by atoms with Crippen molar-refractivity contribution >= 4 is 17.7 Å². The zero-order valence-corrected chi connectivity index (χ0v) is 23.5. The summed E-state index contributed by atoms with van der Waals surface area (Å²) < 4.78 is 11.0. The van der Waals surface area contributed by atoms with Gasteiger partial charge < -0.3 is 30.3 Å². The van der Waals surface area contributed by atoms with Crippen LogP contribution in [0.2, 0.25) is 0 Å². The van der Waals surface area contributed by atoms with E-state index in [9.17, 15) is 24.6 Å². The summed E-state index contributed by atoms with van der Waals surface area (Å²) in [4.78, 5) is 39.2. The van der Waals surface area contributed by atoms with Crippen LogP contribution in [0.5, 0.6) is 17.2 Å². The first kappa shape index (κ1) is 29.6. The van der Waals surface area contributed by atoms with Crippen LogP contribution < -0.4 is 15.4 Å². The number of hydrogen-bond donors (Lipinski definition) is 4. The van der Waals surface area contributed by atoms with E-state index in [0.29, 0.717) is 35.4 Å². The summed E-state index contributed by atoms with van der Waals surface area (Å²) in [6, 6.07) is 14.8. The Morgan fingerprint density at radius 2 is 1.66 bits per heavy atom. The number of amides is 1. The number of hydrogen-bond acceptors (Lipinski definition) is 8. The number of rotatable bonds is 9. The molecule has 0 spiro atoms. The SMILES string of the molecule is CC[C@H](C)c1cc(C(=O)N[C@@H]2CNCCC[C@H]2OC(=O)c2ccc(C(=O)c3cc(OC)ccc3O)cc2)ccc1O. The maximum Gasteiger partial charge on any atom is 0.338 e. The number of esters is 1. The van der Waals surface area contributed by atoms with E-state index in [2.05, 4.69) is 10.6 Å². The smallest absolute Gasteiger partial charge is 0.338 e. The molecule has 3 aromatic carbocycles. The first-order valence-corrected chi connectivity index (χ1v) is 13.8. The molecule has 4 rings (SSSR count). The zero-order valence-electron chi connectivity index (χ0n) is 23.5. The molecule has 0 aliphatic carbocycles. The van der Waals surface area contributed by atoms with E-state index in [1.807, 2.05) is 13.8 Å². The number of aromatic hydroxyl groups is 2. The Hall–Kier alpha value is -4.37. The highest BCUT2D eigenvalue weighted by Gasteiger charge is 2.29. The molecular formula is C32H36N2O7. The third-order valence-electron chi connectivity index (χ3n) is 7.49. The fourth-order valence-corrected chi connectivity index (χ4v) is 4.81. The lowest BCUT2D eigenvalue weighted by Gasteiger charge is -2.26. The lowest BCUT2D eigenvalue weighted by atomic mass is 9.95. The minimum Gasteiger partial charge on any atom is -0.508 e. The van der Waals surface area contributed by atoms with E-state index in [4.69, 9.17) is 9.47 Å². The molecule has 1 aliphatic heterocycles. The maximum atomic E-state index is 13.2. The van der Waals surface area contributed by atoms with Crippen LogP contribution in [0.15, 0.2) is 60.7 Å². The molecule has 4 N–H and O–H groups in total. The van der Waals surface area contributed by atoms with E-state index < -0.39 is 23.9 Å². The van der Waals surface area contributed by atoms with Gasteiger partial charge in [-0.15, -0.1) is 0 Å². The topological polar surface area (TPSA) is 134 Å². The van der Waals surface area contributed by atoms with Gasteiger partial charge in [-0.05, 0) is 85.8 Å². The van der Waals surface area contributed by atoms with Gasteiger partial charge in [0.1, 0.15) is 23.4 Å². The molecule has 9 nitrogen and oxygen atoms in total. The Morgan fingerprint density at radius 1 is 0.976 bits per heavy atom. The monoisotopic (exact) mass is 560 g/mol. The standard InChI is InChI=1S/C32H36N2O7/c1-4-19(2)24-16-22(11-13-27(24)35)31(38)34-26-18-33-15-5-6-29(26)41-32(39)21-9-7-20(8-10-21)30(37)25-17-23(40-3)12-14-28(25)36/h7-14,16-17,19,26,29,33,35-36H,4-6,15,18H2,1-3H3,(H,34,38)/t19-,26+,29+/m0/s1.